The van der Waals surface area contributed by atoms with E-state index < -0.39 is 0 Å². The van der Waals surface area contributed by atoms with Gasteiger partial charge in [-0.3, -0.25) is 4.68 Å². The van der Waals surface area contributed by atoms with Crippen LogP contribution in [0, 0.1) is 6.92 Å². The molecule has 1 heterocycles. The lowest BCUT2D eigenvalue weighted by molar-refractivity contribution is 0.756. The molecule has 1 aromatic carbocycles. The Morgan fingerprint density at radius 3 is 2.50 bits per heavy atom. The SMILES string of the molecule is Cc1nn(C)cc1Sc1ccccc1. The molecule has 0 unspecified atom stereocenters. The lowest BCUT2D eigenvalue weighted by atomic mass is 10.4. The van der Waals surface area contributed by atoms with Crippen LogP contribution in [0.5, 0.6) is 0 Å². The number of benzene rings is 1. The standard InChI is InChI=1S/C11H12N2S/c1-9-11(8-13(2)12-9)14-10-6-4-3-5-7-10/h3-8H,1-2H3. The maximum Gasteiger partial charge on any atom is 0.0732 e. The van der Waals surface area contributed by atoms with Crippen LogP contribution in [0.25, 0.3) is 0 Å². The molecule has 3 heteroatoms. The fourth-order valence-corrected chi connectivity index (χ4v) is 2.23. The minimum atomic E-state index is 1.08. The van der Waals surface area contributed by atoms with E-state index in [4.69, 9.17) is 0 Å². The maximum atomic E-state index is 4.30. The van der Waals surface area contributed by atoms with Crippen molar-refractivity contribution in [2.75, 3.05) is 0 Å². The molecule has 0 N–H and O–H groups in total. The maximum absolute atomic E-state index is 4.30. The van der Waals surface area contributed by atoms with Crippen LogP contribution in [0.15, 0.2) is 46.3 Å². The van der Waals surface area contributed by atoms with E-state index in [1.165, 1.54) is 9.79 Å². The van der Waals surface area contributed by atoms with Crippen molar-refractivity contribution in [3.63, 3.8) is 0 Å². The van der Waals surface area contributed by atoms with Gasteiger partial charge >= 0.3 is 0 Å². The smallest absolute Gasteiger partial charge is 0.0732 e. The second-order valence-corrected chi connectivity index (χ2v) is 4.28. The Balaban J connectivity index is 2.23. The third-order valence-corrected chi connectivity index (χ3v) is 3.07. The predicted octanol–water partition coefficient (Wildman–Crippen LogP) is 2.88. The zero-order chi connectivity index (χ0) is 9.97. The molecule has 0 radical (unpaired) electrons. The van der Waals surface area contributed by atoms with Crippen molar-refractivity contribution in [1.82, 2.24) is 9.78 Å². The van der Waals surface area contributed by atoms with Gasteiger partial charge in [-0.05, 0) is 19.1 Å². The first kappa shape index (κ1) is 9.34. The van der Waals surface area contributed by atoms with Crippen LogP contribution in [0.3, 0.4) is 0 Å². The number of hydrogen-bond acceptors (Lipinski definition) is 2. The topological polar surface area (TPSA) is 17.8 Å². The van der Waals surface area contributed by atoms with Crippen LogP contribution < -0.4 is 0 Å². The van der Waals surface area contributed by atoms with Crippen molar-refractivity contribution in [3.8, 4) is 0 Å². The zero-order valence-electron chi connectivity index (χ0n) is 8.27. The molecular weight excluding hydrogens is 192 g/mol. The van der Waals surface area contributed by atoms with Crippen LogP contribution in [-0.2, 0) is 7.05 Å². The fraction of sp³-hybridized carbons (Fsp3) is 0.182. The van der Waals surface area contributed by atoms with E-state index in [-0.39, 0.29) is 0 Å². The summed E-state index contributed by atoms with van der Waals surface area (Å²) < 4.78 is 1.85. The molecule has 0 atom stereocenters. The first-order chi connectivity index (χ1) is 6.75. The zero-order valence-corrected chi connectivity index (χ0v) is 9.08. The van der Waals surface area contributed by atoms with Gasteiger partial charge in [-0.25, -0.2) is 0 Å². The Morgan fingerprint density at radius 1 is 1.21 bits per heavy atom. The number of rotatable bonds is 2. The van der Waals surface area contributed by atoms with Gasteiger partial charge in [0.25, 0.3) is 0 Å². The first-order valence-corrected chi connectivity index (χ1v) is 5.30. The third-order valence-electron chi connectivity index (χ3n) is 1.94. The Labute approximate surface area is 87.9 Å². The van der Waals surface area contributed by atoms with E-state index in [1.54, 1.807) is 11.8 Å². The van der Waals surface area contributed by atoms with E-state index in [0.717, 1.165) is 5.69 Å². The summed E-state index contributed by atoms with van der Waals surface area (Å²) in [6, 6.07) is 10.3. The van der Waals surface area contributed by atoms with Gasteiger partial charge in [0.05, 0.1) is 10.6 Å². The average molecular weight is 204 g/mol. The molecule has 2 aromatic rings. The molecule has 0 amide bonds. The van der Waals surface area contributed by atoms with E-state index in [1.807, 2.05) is 43.0 Å². The van der Waals surface area contributed by atoms with Crippen molar-refractivity contribution in [3.05, 3.63) is 42.2 Å². The van der Waals surface area contributed by atoms with Crippen LogP contribution in [0.4, 0.5) is 0 Å². The van der Waals surface area contributed by atoms with Gasteiger partial charge < -0.3 is 0 Å². The Kier molecular flexibility index (Phi) is 2.59. The molecule has 0 aliphatic rings. The normalized spacial score (nSPS) is 10.4. The quantitative estimate of drug-likeness (QED) is 0.748. The lowest BCUT2D eigenvalue weighted by Gasteiger charge is -1.97. The molecule has 0 fully saturated rings. The van der Waals surface area contributed by atoms with E-state index in [2.05, 4.69) is 17.2 Å². The highest BCUT2D eigenvalue weighted by atomic mass is 32.2. The Hall–Kier alpha value is -1.22. The van der Waals surface area contributed by atoms with E-state index in [0.29, 0.717) is 0 Å². The summed E-state index contributed by atoms with van der Waals surface area (Å²) in [7, 11) is 1.95. The number of nitrogens with zero attached hydrogens (tertiary/aromatic N) is 2. The van der Waals surface area contributed by atoms with Crippen LogP contribution >= 0.6 is 11.8 Å². The summed E-state index contributed by atoms with van der Waals surface area (Å²) in [6.07, 6.45) is 2.05. The molecule has 0 bridgehead atoms. The molecule has 0 saturated carbocycles. The summed E-state index contributed by atoms with van der Waals surface area (Å²) in [5.74, 6) is 0. The highest BCUT2D eigenvalue weighted by Crippen LogP contribution is 2.28. The minimum absolute atomic E-state index is 1.08. The van der Waals surface area contributed by atoms with Gasteiger partial charge in [0.2, 0.25) is 0 Å². The molecular formula is C11H12N2S. The summed E-state index contributed by atoms with van der Waals surface area (Å²) in [6.45, 7) is 2.03. The second kappa shape index (κ2) is 3.88. The van der Waals surface area contributed by atoms with Gasteiger partial charge in [-0.1, -0.05) is 30.0 Å². The van der Waals surface area contributed by atoms with Crippen molar-refractivity contribution in [2.45, 2.75) is 16.7 Å². The van der Waals surface area contributed by atoms with E-state index in [9.17, 15) is 0 Å². The number of aromatic nitrogens is 2. The summed E-state index contributed by atoms with van der Waals surface area (Å²) in [4.78, 5) is 2.47. The molecule has 72 valence electrons. The third kappa shape index (κ3) is 1.99. The number of hydrogen-bond donors (Lipinski definition) is 0. The Morgan fingerprint density at radius 2 is 1.93 bits per heavy atom. The van der Waals surface area contributed by atoms with E-state index >= 15 is 0 Å². The van der Waals surface area contributed by atoms with Gasteiger partial charge in [-0.2, -0.15) is 5.10 Å². The van der Waals surface area contributed by atoms with Crippen molar-refractivity contribution < 1.29 is 0 Å². The monoisotopic (exact) mass is 204 g/mol. The minimum Gasteiger partial charge on any atom is -0.274 e. The molecule has 0 aliphatic heterocycles. The summed E-state index contributed by atoms with van der Waals surface area (Å²) >= 11 is 1.75. The Bertz CT molecular complexity index is 420. The molecule has 14 heavy (non-hydrogen) atoms. The summed E-state index contributed by atoms with van der Waals surface area (Å²) in [5.41, 5.74) is 1.08. The van der Waals surface area contributed by atoms with Crippen molar-refractivity contribution >= 4 is 11.8 Å². The average Bonchev–Trinajstić information content (AvgIpc) is 2.47. The molecule has 1 aromatic heterocycles. The van der Waals surface area contributed by atoms with Crippen LogP contribution in [-0.4, -0.2) is 9.78 Å². The van der Waals surface area contributed by atoms with Gasteiger partial charge in [-0.15, -0.1) is 0 Å². The number of aryl methyl sites for hydroxylation is 2. The fourth-order valence-electron chi connectivity index (χ4n) is 1.29. The molecule has 0 aliphatic carbocycles. The summed E-state index contributed by atoms with van der Waals surface area (Å²) in [5, 5.41) is 4.30. The van der Waals surface area contributed by atoms with Crippen LogP contribution in [0.1, 0.15) is 5.69 Å². The largest absolute Gasteiger partial charge is 0.274 e. The molecule has 2 rings (SSSR count). The molecule has 0 saturated heterocycles. The predicted molar refractivity (Wildman–Crippen MR) is 58.5 cm³/mol. The van der Waals surface area contributed by atoms with Gasteiger partial charge in [0.1, 0.15) is 0 Å². The van der Waals surface area contributed by atoms with Crippen molar-refractivity contribution in [1.29, 1.82) is 0 Å². The lowest BCUT2D eigenvalue weighted by Crippen LogP contribution is -1.86. The van der Waals surface area contributed by atoms with Gasteiger partial charge in [0.15, 0.2) is 0 Å². The molecule has 2 nitrogen and oxygen atoms in total. The van der Waals surface area contributed by atoms with Crippen molar-refractivity contribution in [2.24, 2.45) is 7.05 Å². The molecule has 0 spiro atoms. The van der Waals surface area contributed by atoms with Gasteiger partial charge in [0, 0.05) is 18.1 Å². The van der Waals surface area contributed by atoms with Crippen LogP contribution in [0.2, 0.25) is 0 Å². The first-order valence-electron chi connectivity index (χ1n) is 4.49. The highest BCUT2D eigenvalue weighted by molar-refractivity contribution is 7.99. The second-order valence-electron chi connectivity index (χ2n) is 3.17. The highest BCUT2D eigenvalue weighted by Gasteiger charge is 2.03.